The molecule has 1 atom stereocenters. The quantitative estimate of drug-likeness (QED) is 0.455. The summed E-state index contributed by atoms with van der Waals surface area (Å²) in [5.74, 6) is 0.765. The standard InChI is InChI=1S/C24H28N6O5S.CH4/c1-15(13-31)30-14-25-28-23(30)20-4-3-5-22(26-20)27-24(32)19-10-17-12-29(36(33,34)18-6-7-18)9-8-16(17)11-21(19)35-2;/h3-5,10-11,14-15,18,31H,6-9,12-13H2,1-2H3,(H,26,27,32);1H4/t15-;/m1./s1. The molecular formula is C25H32N6O5S. The summed E-state index contributed by atoms with van der Waals surface area (Å²) >= 11 is 0. The first-order valence-electron chi connectivity index (χ1n) is 11.8. The minimum absolute atomic E-state index is 0. The first-order valence-corrected chi connectivity index (χ1v) is 13.3. The molecule has 1 saturated carbocycles. The number of aromatic nitrogens is 4. The summed E-state index contributed by atoms with van der Waals surface area (Å²) in [6.07, 6.45) is 3.51. The van der Waals surface area contributed by atoms with E-state index in [4.69, 9.17) is 4.74 Å². The third-order valence-corrected chi connectivity index (χ3v) is 8.93. The van der Waals surface area contributed by atoms with Crippen LogP contribution in [-0.2, 0) is 23.0 Å². The van der Waals surface area contributed by atoms with Crippen molar-refractivity contribution in [3.8, 4) is 17.3 Å². The van der Waals surface area contributed by atoms with Crippen LogP contribution >= 0.6 is 0 Å². The number of rotatable bonds is 8. The molecule has 11 nitrogen and oxygen atoms in total. The minimum Gasteiger partial charge on any atom is -0.496 e. The van der Waals surface area contributed by atoms with Gasteiger partial charge in [-0.25, -0.2) is 13.4 Å². The Balaban J connectivity index is 0.00000320. The van der Waals surface area contributed by atoms with Gasteiger partial charge < -0.3 is 19.7 Å². The van der Waals surface area contributed by atoms with Gasteiger partial charge in [-0.3, -0.25) is 4.79 Å². The van der Waals surface area contributed by atoms with Crippen LogP contribution in [0.1, 0.15) is 54.7 Å². The fourth-order valence-electron chi connectivity index (χ4n) is 4.35. The number of hydrogen-bond acceptors (Lipinski definition) is 8. The lowest BCUT2D eigenvalue weighted by molar-refractivity contribution is 0.102. The van der Waals surface area contributed by atoms with E-state index < -0.39 is 15.9 Å². The number of hydrogen-bond donors (Lipinski definition) is 2. The third-order valence-electron chi connectivity index (χ3n) is 6.58. The number of aliphatic hydroxyl groups excluding tert-OH is 1. The molecule has 3 aromatic rings. The summed E-state index contributed by atoms with van der Waals surface area (Å²) < 4.78 is 34.2. The van der Waals surface area contributed by atoms with Crippen LogP contribution in [0.4, 0.5) is 5.82 Å². The predicted octanol–water partition coefficient (Wildman–Crippen LogP) is 2.64. The fraction of sp³-hybridized carbons (Fsp3) is 0.440. The monoisotopic (exact) mass is 528 g/mol. The number of amides is 1. The van der Waals surface area contributed by atoms with Crippen LogP contribution in [0.2, 0.25) is 0 Å². The third kappa shape index (κ3) is 5.22. The molecule has 2 aliphatic rings. The highest BCUT2D eigenvalue weighted by Crippen LogP contribution is 2.35. The maximum Gasteiger partial charge on any atom is 0.260 e. The van der Waals surface area contributed by atoms with Crippen LogP contribution in [0.5, 0.6) is 5.75 Å². The maximum absolute atomic E-state index is 13.3. The average molecular weight is 529 g/mol. The van der Waals surface area contributed by atoms with E-state index in [9.17, 15) is 18.3 Å². The highest BCUT2D eigenvalue weighted by Gasteiger charge is 2.41. The summed E-state index contributed by atoms with van der Waals surface area (Å²) in [7, 11) is -1.80. The molecule has 1 aliphatic heterocycles. The van der Waals surface area contributed by atoms with Gasteiger partial charge in [0, 0.05) is 13.1 Å². The Hall–Kier alpha value is -3.35. The molecule has 1 aliphatic carbocycles. The summed E-state index contributed by atoms with van der Waals surface area (Å²) in [6, 6.07) is 8.43. The number of ether oxygens (including phenoxy) is 1. The summed E-state index contributed by atoms with van der Waals surface area (Å²) in [5, 5.41) is 20.1. The lowest BCUT2D eigenvalue weighted by Crippen LogP contribution is -2.38. The number of carbonyl (C=O) groups is 1. The van der Waals surface area contributed by atoms with Gasteiger partial charge in [0.1, 0.15) is 23.6 Å². The molecule has 1 fully saturated rings. The van der Waals surface area contributed by atoms with E-state index in [0.717, 1.165) is 11.1 Å². The van der Waals surface area contributed by atoms with Gasteiger partial charge in [-0.2, -0.15) is 4.31 Å². The number of anilines is 1. The number of carbonyl (C=O) groups excluding carboxylic acids is 1. The Morgan fingerprint density at radius 2 is 2.05 bits per heavy atom. The Morgan fingerprint density at radius 1 is 1.27 bits per heavy atom. The van der Waals surface area contributed by atoms with Crippen molar-refractivity contribution in [3.05, 3.63) is 53.3 Å². The number of pyridine rings is 1. The van der Waals surface area contributed by atoms with Crippen molar-refractivity contribution in [2.24, 2.45) is 0 Å². The normalized spacial score (nSPS) is 16.4. The van der Waals surface area contributed by atoms with E-state index in [1.165, 1.54) is 17.7 Å². The van der Waals surface area contributed by atoms with Gasteiger partial charge in [0.15, 0.2) is 5.82 Å². The topological polar surface area (TPSA) is 140 Å². The van der Waals surface area contributed by atoms with Gasteiger partial charge >= 0.3 is 0 Å². The smallest absolute Gasteiger partial charge is 0.260 e. The van der Waals surface area contributed by atoms with Crippen molar-refractivity contribution in [1.29, 1.82) is 0 Å². The summed E-state index contributed by atoms with van der Waals surface area (Å²) in [6.45, 7) is 2.42. The number of sulfonamides is 1. The maximum atomic E-state index is 13.3. The molecule has 5 rings (SSSR count). The molecule has 3 heterocycles. The zero-order valence-corrected chi connectivity index (χ0v) is 20.9. The summed E-state index contributed by atoms with van der Waals surface area (Å²) in [4.78, 5) is 17.8. The van der Waals surface area contributed by atoms with Gasteiger partial charge in [-0.1, -0.05) is 13.5 Å². The van der Waals surface area contributed by atoms with Crippen LogP contribution in [0.25, 0.3) is 11.5 Å². The van der Waals surface area contributed by atoms with Crippen LogP contribution in [-0.4, -0.2) is 69.0 Å². The van der Waals surface area contributed by atoms with Gasteiger partial charge in [-0.05, 0) is 61.6 Å². The van der Waals surface area contributed by atoms with E-state index in [1.54, 1.807) is 28.8 Å². The molecule has 37 heavy (non-hydrogen) atoms. The van der Waals surface area contributed by atoms with Crippen molar-refractivity contribution in [1.82, 2.24) is 24.1 Å². The van der Waals surface area contributed by atoms with Crippen molar-refractivity contribution in [3.63, 3.8) is 0 Å². The Kier molecular flexibility index (Phi) is 7.62. The van der Waals surface area contributed by atoms with Crippen molar-refractivity contribution >= 4 is 21.7 Å². The molecule has 2 aromatic heterocycles. The number of nitrogens with one attached hydrogen (secondary N) is 1. The molecular weight excluding hydrogens is 496 g/mol. The van der Waals surface area contributed by atoms with E-state index in [2.05, 4.69) is 20.5 Å². The number of nitrogens with zero attached hydrogens (tertiary/aromatic N) is 5. The fourth-order valence-corrected chi connectivity index (χ4v) is 6.17. The Bertz CT molecular complexity index is 1400. The molecule has 0 bridgehead atoms. The highest BCUT2D eigenvalue weighted by molar-refractivity contribution is 7.90. The number of aliphatic hydroxyl groups is 1. The van der Waals surface area contributed by atoms with Crippen molar-refractivity contribution in [2.45, 2.75) is 51.4 Å². The number of benzene rings is 1. The molecule has 0 saturated heterocycles. The van der Waals surface area contributed by atoms with E-state index in [-0.39, 0.29) is 31.9 Å². The molecule has 2 N–H and O–H groups in total. The first kappa shape index (κ1) is 26.7. The van der Waals surface area contributed by atoms with E-state index in [1.807, 2.05) is 13.0 Å². The number of fused-ring (bicyclic) bond motifs is 1. The predicted molar refractivity (Wildman–Crippen MR) is 139 cm³/mol. The second-order valence-electron chi connectivity index (χ2n) is 9.10. The van der Waals surface area contributed by atoms with Crippen molar-refractivity contribution in [2.75, 3.05) is 25.6 Å². The second kappa shape index (κ2) is 10.6. The molecule has 0 spiro atoms. The van der Waals surface area contributed by atoms with Crippen LogP contribution in [0, 0.1) is 0 Å². The largest absolute Gasteiger partial charge is 0.496 e. The zero-order chi connectivity index (χ0) is 25.4. The molecule has 12 heteroatoms. The van der Waals surface area contributed by atoms with Crippen LogP contribution < -0.4 is 10.1 Å². The van der Waals surface area contributed by atoms with Crippen LogP contribution in [0.15, 0.2) is 36.7 Å². The summed E-state index contributed by atoms with van der Waals surface area (Å²) in [5.41, 5.74) is 2.56. The number of methoxy groups -OCH3 is 1. The SMILES string of the molecule is C.COc1cc2c(cc1C(=O)Nc1cccc(-c3nncn3[C@H](C)CO)n1)CN(S(=O)(=O)C1CC1)CC2. The zero-order valence-electron chi connectivity index (χ0n) is 20.1. The minimum atomic E-state index is -3.30. The first-order chi connectivity index (χ1) is 17.3. The average Bonchev–Trinajstić information content (AvgIpc) is 3.64. The van der Waals surface area contributed by atoms with Crippen LogP contribution in [0.3, 0.4) is 0 Å². The highest BCUT2D eigenvalue weighted by atomic mass is 32.2. The second-order valence-corrected chi connectivity index (χ2v) is 11.3. The van der Waals surface area contributed by atoms with Gasteiger partial charge in [0.2, 0.25) is 10.0 Å². The Morgan fingerprint density at radius 3 is 2.76 bits per heavy atom. The van der Waals surface area contributed by atoms with Crippen molar-refractivity contribution < 1.29 is 23.1 Å². The molecule has 1 amide bonds. The molecule has 1 aromatic carbocycles. The molecule has 198 valence electrons. The van der Waals surface area contributed by atoms with Gasteiger partial charge in [0.25, 0.3) is 5.91 Å². The molecule has 0 unspecified atom stereocenters. The lowest BCUT2D eigenvalue weighted by atomic mass is 9.97. The van der Waals surface area contributed by atoms with Gasteiger partial charge in [-0.15, -0.1) is 10.2 Å². The van der Waals surface area contributed by atoms with Gasteiger partial charge in [0.05, 0.1) is 30.6 Å². The lowest BCUT2D eigenvalue weighted by Gasteiger charge is -2.29. The Labute approximate surface area is 216 Å². The van der Waals surface area contributed by atoms with E-state index >= 15 is 0 Å². The van der Waals surface area contributed by atoms with E-state index in [0.29, 0.717) is 54.5 Å². The molecule has 0 radical (unpaired) electrons.